The number of rotatable bonds is 5. The fourth-order valence-corrected chi connectivity index (χ4v) is 2.00. The van der Waals surface area contributed by atoms with Crippen molar-refractivity contribution in [1.29, 1.82) is 0 Å². The number of hydrogen-bond acceptors (Lipinski definition) is 4. The topological polar surface area (TPSA) is 47.9 Å². The maximum atomic E-state index is 12.0. The van der Waals surface area contributed by atoms with Gasteiger partial charge < -0.3 is 9.80 Å². The monoisotopic (exact) mass is 310 g/mol. The fourth-order valence-electron chi connectivity index (χ4n) is 2.00. The highest BCUT2D eigenvalue weighted by atomic mass is 16.2. The molecule has 0 aliphatic heterocycles. The second-order valence-corrected chi connectivity index (χ2v) is 5.63. The van der Waals surface area contributed by atoms with E-state index in [0.29, 0.717) is 5.56 Å². The second kappa shape index (κ2) is 7.45. The van der Waals surface area contributed by atoms with E-state index in [-0.39, 0.29) is 5.91 Å². The van der Waals surface area contributed by atoms with Gasteiger partial charge in [-0.3, -0.25) is 4.79 Å². The molecule has 2 rings (SSSR count). The molecule has 0 saturated carbocycles. The summed E-state index contributed by atoms with van der Waals surface area (Å²) in [6.07, 6.45) is 1.63. The standard InChI is InChI=1S/C18H22N4O/c1-21(2)16-9-5-14(6-10-16)13-19-20-18(23)15-7-11-17(12-8-15)22(3)4/h5-13H,1-4H3,(H,20,23). The van der Waals surface area contributed by atoms with E-state index in [1.54, 1.807) is 18.3 Å². The molecule has 2 aromatic carbocycles. The summed E-state index contributed by atoms with van der Waals surface area (Å²) in [6.45, 7) is 0. The van der Waals surface area contributed by atoms with E-state index in [1.807, 2.05) is 74.4 Å². The van der Waals surface area contributed by atoms with Crippen LogP contribution >= 0.6 is 0 Å². The van der Waals surface area contributed by atoms with Crippen molar-refractivity contribution in [2.75, 3.05) is 38.0 Å². The van der Waals surface area contributed by atoms with Crippen LogP contribution in [0.25, 0.3) is 0 Å². The van der Waals surface area contributed by atoms with Crippen molar-refractivity contribution in [2.45, 2.75) is 0 Å². The average Bonchev–Trinajstić information content (AvgIpc) is 2.55. The summed E-state index contributed by atoms with van der Waals surface area (Å²) >= 11 is 0. The first-order chi connectivity index (χ1) is 11.0. The quantitative estimate of drug-likeness (QED) is 0.682. The highest BCUT2D eigenvalue weighted by molar-refractivity contribution is 5.95. The SMILES string of the molecule is CN(C)c1ccc(C=NNC(=O)c2ccc(N(C)C)cc2)cc1. The first-order valence-corrected chi connectivity index (χ1v) is 7.35. The molecule has 0 fully saturated rings. The van der Waals surface area contributed by atoms with E-state index < -0.39 is 0 Å². The second-order valence-electron chi connectivity index (χ2n) is 5.63. The molecular formula is C18H22N4O. The molecule has 1 amide bonds. The molecular weight excluding hydrogens is 288 g/mol. The van der Waals surface area contributed by atoms with E-state index in [2.05, 4.69) is 10.5 Å². The van der Waals surface area contributed by atoms with E-state index in [0.717, 1.165) is 16.9 Å². The average molecular weight is 310 g/mol. The number of anilines is 2. The van der Waals surface area contributed by atoms with Crippen LogP contribution in [-0.2, 0) is 0 Å². The van der Waals surface area contributed by atoms with Crippen molar-refractivity contribution in [2.24, 2.45) is 5.10 Å². The van der Waals surface area contributed by atoms with Crippen molar-refractivity contribution in [3.05, 3.63) is 59.7 Å². The van der Waals surface area contributed by atoms with Crippen LogP contribution in [0, 0.1) is 0 Å². The molecule has 0 saturated heterocycles. The van der Waals surface area contributed by atoms with Crippen molar-refractivity contribution < 1.29 is 4.79 Å². The lowest BCUT2D eigenvalue weighted by molar-refractivity contribution is 0.0955. The number of nitrogens with zero attached hydrogens (tertiary/aromatic N) is 3. The Bertz CT molecular complexity index is 673. The predicted molar refractivity (Wildman–Crippen MR) is 96.6 cm³/mol. The summed E-state index contributed by atoms with van der Waals surface area (Å²) < 4.78 is 0. The van der Waals surface area contributed by atoms with Gasteiger partial charge in [0.25, 0.3) is 5.91 Å². The van der Waals surface area contributed by atoms with Crippen LogP contribution in [0.1, 0.15) is 15.9 Å². The number of carbonyl (C=O) groups is 1. The van der Waals surface area contributed by atoms with Gasteiger partial charge in [0.2, 0.25) is 0 Å². The lowest BCUT2D eigenvalue weighted by Crippen LogP contribution is -2.18. The van der Waals surface area contributed by atoms with Crippen LogP contribution in [0.2, 0.25) is 0 Å². The molecule has 0 aliphatic carbocycles. The van der Waals surface area contributed by atoms with Gasteiger partial charge in [-0.1, -0.05) is 12.1 Å². The zero-order chi connectivity index (χ0) is 16.8. The third kappa shape index (κ3) is 4.57. The number of carbonyl (C=O) groups excluding carboxylic acids is 1. The van der Waals surface area contributed by atoms with Gasteiger partial charge in [0.1, 0.15) is 0 Å². The van der Waals surface area contributed by atoms with E-state index >= 15 is 0 Å². The largest absolute Gasteiger partial charge is 0.378 e. The van der Waals surface area contributed by atoms with Gasteiger partial charge in [0.15, 0.2) is 0 Å². The maximum absolute atomic E-state index is 12.0. The van der Waals surface area contributed by atoms with Gasteiger partial charge >= 0.3 is 0 Å². The smallest absolute Gasteiger partial charge is 0.271 e. The van der Waals surface area contributed by atoms with Crippen molar-refractivity contribution in [3.8, 4) is 0 Å². The van der Waals surface area contributed by atoms with Gasteiger partial charge in [-0.15, -0.1) is 0 Å². The Morgan fingerprint density at radius 3 is 1.83 bits per heavy atom. The molecule has 0 heterocycles. The summed E-state index contributed by atoms with van der Waals surface area (Å²) in [5, 5.41) is 4.00. The maximum Gasteiger partial charge on any atom is 0.271 e. The molecule has 5 nitrogen and oxygen atoms in total. The molecule has 120 valence electrons. The molecule has 0 aromatic heterocycles. The molecule has 2 aromatic rings. The summed E-state index contributed by atoms with van der Waals surface area (Å²) in [7, 11) is 7.90. The normalized spacial score (nSPS) is 10.6. The van der Waals surface area contributed by atoms with Gasteiger partial charge in [0, 0.05) is 45.1 Å². The molecule has 1 N–H and O–H groups in total. The third-order valence-electron chi connectivity index (χ3n) is 3.44. The van der Waals surface area contributed by atoms with Crippen LogP contribution in [0.4, 0.5) is 11.4 Å². The Labute approximate surface area is 137 Å². The van der Waals surface area contributed by atoms with E-state index in [1.165, 1.54) is 0 Å². The zero-order valence-corrected chi connectivity index (χ0v) is 13.9. The number of hydrazone groups is 1. The number of benzene rings is 2. The molecule has 5 heteroatoms. The molecule has 23 heavy (non-hydrogen) atoms. The summed E-state index contributed by atoms with van der Waals surface area (Å²) in [4.78, 5) is 16.0. The zero-order valence-electron chi connectivity index (χ0n) is 13.9. The highest BCUT2D eigenvalue weighted by Crippen LogP contribution is 2.12. The Kier molecular flexibility index (Phi) is 5.36. The van der Waals surface area contributed by atoms with Crippen LogP contribution in [0.5, 0.6) is 0 Å². The minimum atomic E-state index is -0.225. The van der Waals surface area contributed by atoms with Crippen molar-refractivity contribution in [3.63, 3.8) is 0 Å². The van der Waals surface area contributed by atoms with Gasteiger partial charge in [-0.25, -0.2) is 5.43 Å². The molecule has 0 unspecified atom stereocenters. The Morgan fingerprint density at radius 1 is 0.870 bits per heavy atom. The Hall–Kier alpha value is -2.82. The van der Waals surface area contributed by atoms with Crippen LogP contribution in [0.15, 0.2) is 53.6 Å². The number of amides is 1. The molecule has 0 bridgehead atoms. The molecule has 0 spiro atoms. The number of nitrogens with one attached hydrogen (secondary N) is 1. The first-order valence-electron chi connectivity index (χ1n) is 7.35. The van der Waals surface area contributed by atoms with Crippen LogP contribution in [-0.4, -0.2) is 40.3 Å². The minimum Gasteiger partial charge on any atom is -0.378 e. The van der Waals surface area contributed by atoms with Gasteiger partial charge in [-0.2, -0.15) is 5.10 Å². The third-order valence-corrected chi connectivity index (χ3v) is 3.44. The van der Waals surface area contributed by atoms with Crippen LogP contribution in [0.3, 0.4) is 0 Å². The summed E-state index contributed by atoms with van der Waals surface area (Å²) in [5.41, 5.74) is 6.21. The van der Waals surface area contributed by atoms with E-state index in [4.69, 9.17) is 0 Å². The summed E-state index contributed by atoms with van der Waals surface area (Å²) in [6, 6.07) is 15.3. The first kappa shape index (κ1) is 16.5. The molecule has 0 radical (unpaired) electrons. The Balaban J connectivity index is 1.95. The summed E-state index contributed by atoms with van der Waals surface area (Å²) in [5.74, 6) is -0.225. The van der Waals surface area contributed by atoms with Crippen LogP contribution < -0.4 is 15.2 Å². The Morgan fingerprint density at radius 2 is 1.35 bits per heavy atom. The van der Waals surface area contributed by atoms with Crippen molar-refractivity contribution in [1.82, 2.24) is 5.43 Å². The molecule has 0 atom stereocenters. The lowest BCUT2D eigenvalue weighted by Gasteiger charge is -2.12. The molecule has 0 aliphatic rings. The van der Waals surface area contributed by atoms with Crippen molar-refractivity contribution >= 4 is 23.5 Å². The highest BCUT2D eigenvalue weighted by Gasteiger charge is 2.04. The van der Waals surface area contributed by atoms with Gasteiger partial charge in [-0.05, 0) is 42.0 Å². The van der Waals surface area contributed by atoms with E-state index in [9.17, 15) is 4.79 Å². The lowest BCUT2D eigenvalue weighted by atomic mass is 10.2. The predicted octanol–water partition coefficient (Wildman–Crippen LogP) is 2.58. The number of hydrogen-bond donors (Lipinski definition) is 1. The minimum absolute atomic E-state index is 0.225. The van der Waals surface area contributed by atoms with Gasteiger partial charge in [0.05, 0.1) is 6.21 Å². The fraction of sp³-hybridized carbons (Fsp3) is 0.222.